The van der Waals surface area contributed by atoms with Crippen molar-refractivity contribution in [1.29, 1.82) is 0 Å². The van der Waals surface area contributed by atoms with Crippen LogP contribution >= 0.6 is 0 Å². The molecule has 2 aliphatic heterocycles. The highest BCUT2D eigenvalue weighted by Crippen LogP contribution is 2.37. The minimum atomic E-state index is -1.40. The van der Waals surface area contributed by atoms with Gasteiger partial charge in [0, 0.05) is 19.3 Å². The molecule has 1 fully saturated rings. The number of epoxide rings is 1. The summed E-state index contributed by atoms with van der Waals surface area (Å²) in [7, 11) is 0. The van der Waals surface area contributed by atoms with Gasteiger partial charge in [0.05, 0.1) is 42.5 Å². The summed E-state index contributed by atoms with van der Waals surface area (Å²) in [6.07, 6.45) is 7.82. The maximum Gasteiger partial charge on any atom is 0.303 e. The summed E-state index contributed by atoms with van der Waals surface area (Å²) in [6.45, 7) is 10.3. The molecule has 1 amide bonds. The Balaban J connectivity index is 2.11. The number of amides is 1. The number of ether oxygens (including phenoxy) is 2. The lowest BCUT2D eigenvalue weighted by Gasteiger charge is -2.31. The van der Waals surface area contributed by atoms with Crippen molar-refractivity contribution < 1.29 is 39.5 Å². The first-order valence-corrected chi connectivity index (χ1v) is 13.6. The largest absolute Gasteiger partial charge is 0.455 e. The third kappa shape index (κ3) is 10.3. The SMILES string of the molecule is CC[C@H](O)[C@@H](C)[C@H]1O[C@@H]1C[C@@](C)(O)/C=C/C=C(\C)[C@@H]1C/C=C\[C@H](OC(C)=O)[C@](C)(O)CC[C@@H](O)CC(=O)N1. The summed E-state index contributed by atoms with van der Waals surface area (Å²) in [5, 5.41) is 45.0. The van der Waals surface area contributed by atoms with Crippen molar-refractivity contribution in [3.63, 3.8) is 0 Å². The van der Waals surface area contributed by atoms with Crippen molar-refractivity contribution in [2.75, 3.05) is 0 Å². The van der Waals surface area contributed by atoms with Gasteiger partial charge in [-0.3, -0.25) is 9.59 Å². The minimum Gasteiger partial charge on any atom is -0.455 e. The number of carbonyl (C=O) groups excluding carboxylic acids is 2. The number of esters is 1. The van der Waals surface area contributed by atoms with E-state index < -0.39 is 41.5 Å². The summed E-state index contributed by atoms with van der Waals surface area (Å²) in [6, 6.07) is -0.407. The highest BCUT2D eigenvalue weighted by atomic mass is 16.6. The molecule has 216 valence electrons. The lowest BCUT2D eigenvalue weighted by molar-refractivity contribution is -0.156. The zero-order valence-corrected chi connectivity index (χ0v) is 23.6. The first-order valence-electron chi connectivity index (χ1n) is 13.6. The van der Waals surface area contributed by atoms with Crippen LogP contribution in [0.3, 0.4) is 0 Å². The fourth-order valence-corrected chi connectivity index (χ4v) is 4.79. The number of hydrogen-bond donors (Lipinski definition) is 5. The molecule has 38 heavy (non-hydrogen) atoms. The van der Waals surface area contributed by atoms with Gasteiger partial charge >= 0.3 is 5.97 Å². The Bertz CT molecular complexity index is 893. The van der Waals surface area contributed by atoms with E-state index in [2.05, 4.69) is 5.32 Å². The van der Waals surface area contributed by atoms with Crippen molar-refractivity contribution >= 4 is 11.9 Å². The molecule has 0 radical (unpaired) electrons. The van der Waals surface area contributed by atoms with E-state index in [9.17, 15) is 30.0 Å². The molecule has 0 spiro atoms. The normalized spacial score (nSPS) is 35.3. The molecule has 0 aromatic rings. The van der Waals surface area contributed by atoms with Gasteiger partial charge in [-0.05, 0) is 52.5 Å². The Hall–Kier alpha value is -2.04. The molecule has 2 rings (SSSR count). The molecule has 2 heterocycles. The van der Waals surface area contributed by atoms with Gasteiger partial charge in [-0.2, -0.15) is 0 Å². The molecular formula is C29H47NO8. The summed E-state index contributed by atoms with van der Waals surface area (Å²) < 4.78 is 11.0. The lowest BCUT2D eigenvalue weighted by atomic mass is 9.89. The van der Waals surface area contributed by atoms with Gasteiger partial charge in [-0.25, -0.2) is 0 Å². The Kier molecular flexibility index (Phi) is 11.7. The fourth-order valence-electron chi connectivity index (χ4n) is 4.79. The second kappa shape index (κ2) is 13.8. The molecule has 0 unspecified atom stereocenters. The molecule has 0 aromatic heterocycles. The number of nitrogens with one attached hydrogen (secondary N) is 1. The van der Waals surface area contributed by atoms with Crippen LogP contribution < -0.4 is 5.32 Å². The maximum absolute atomic E-state index is 12.6. The molecule has 0 bridgehead atoms. The number of aliphatic hydroxyl groups is 4. The third-order valence-electron chi connectivity index (χ3n) is 7.47. The van der Waals surface area contributed by atoms with Crippen LogP contribution in [0.15, 0.2) is 36.0 Å². The minimum absolute atomic E-state index is 0.00680. The Morgan fingerprint density at radius 1 is 1.39 bits per heavy atom. The van der Waals surface area contributed by atoms with E-state index in [0.717, 1.165) is 5.57 Å². The second-order valence-corrected chi connectivity index (χ2v) is 11.4. The topological polar surface area (TPSA) is 149 Å². The number of carbonyl (C=O) groups is 2. The fraction of sp³-hybridized carbons (Fsp3) is 0.724. The van der Waals surface area contributed by atoms with Gasteiger partial charge in [-0.1, -0.05) is 43.7 Å². The molecule has 9 atom stereocenters. The molecule has 9 nitrogen and oxygen atoms in total. The summed E-state index contributed by atoms with van der Waals surface area (Å²) in [5.41, 5.74) is -1.70. The van der Waals surface area contributed by atoms with E-state index in [4.69, 9.17) is 9.47 Å². The number of allylic oxidation sites excluding steroid dienone is 2. The van der Waals surface area contributed by atoms with Crippen molar-refractivity contribution in [1.82, 2.24) is 5.32 Å². The van der Waals surface area contributed by atoms with Crippen LogP contribution in [0.2, 0.25) is 0 Å². The molecule has 1 saturated heterocycles. The summed E-state index contributed by atoms with van der Waals surface area (Å²) in [5.74, 6) is -0.825. The van der Waals surface area contributed by atoms with Crippen LogP contribution in [0.5, 0.6) is 0 Å². The van der Waals surface area contributed by atoms with Crippen molar-refractivity contribution in [2.24, 2.45) is 5.92 Å². The first kappa shape index (κ1) is 32.2. The van der Waals surface area contributed by atoms with E-state index in [-0.39, 0.29) is 43.3 Å². The number of hydrogen-bond acceptors (Lipinski definition) is 8. The average molecular weight is 538 g/mol. The molecule has 0 aliphatic carbocycles. The van der Waals surface area contributed by atoms with Gasteiger partial charge in [0.25, 0.3) is 0 Å². The van der Waals surface area contributed by atoms with Crippen LogP contribution in [-0.4, -0.2) is 80.1 Å². The van der Waals surface area contributed by atoms with Crippen LogP contribution in [0.25, 0.3) is 0 Å². The van der Waals surface area contributed by atoms with E-state index in [1.807, 2.05) is 26.8 Å². The second-order valence-electron chi connectivity index (χ2n) is 11.4. The molecular weight excluding hydrogens is 490 g/mol. The van der Waals surface area contributed by atoms with Crippen LogP contribution in [0, 0.1) is 5.92 Å². The monoisotopic (exact) mass is 537 g/mol. The Morgan fingerprint density at radius 2 is 2.08 bits per heavy atom. The molecule has 0 aromatic carbocycles. The number of aliphatic hydroxyl groups excluding tert-OH is 2. The molecule has 2 aliphatic rings. The van der Waals surface area contributed by atoms with Gasteiger partial charge in [0.1, 0.15) is 11.7 Å². The van der Waals surface area contributed by atoms with Crippen LogP contribution in [-0.2, 0) is 19.1 Å². The van der Waals surface area contributed by atoms with Crippen molar-refractivity contribution in [2.45, 2.75) is 128 Å². The van der Waals surface area contributed by atoms with Crippen LogP contribution in [0.4, 0.5) is 0 Å². The average Bonchev–Trinajstić information content (AvgIpc) is 3.57. The molecule has 0 saturated carbocycles. The van der Waals surface area contributed by atoms with Crippen LogP contribution in [0.1, 0.15) is 80.1 Å². The van der Waals surface area contributed by atoms with Crippen molar-refractivity contribution in [3.8, 4) is 0 Å². The molecule has 5 N–H and O–H groups in total. The van der Waals surface area contributed by atoms with Gasteiger partial charge < -0.3 is 35.2 Å². The van der Waals surface area contributed by atoms with E-state index in [1.54, 1.807) is 38.2 Å². The summed E-state index contributed by atoms with van der Waals surface area (Å²) >= 11 is 0. The Morgan fingerprint density at radius 3 is 2.71 bits per heavy atom. The van der Waals surface area contributed by atoms with Gasteiger partial charge in [0.15, 0.2) is 0 Å². The van der Waals surface area contributed by atoms with E-state index in [0.29, 0.717) is 19.3 Å². The highest BCUT2D eigenvalue weighted by molar-refractivity contribution is 5.77. The smallest absolute Gasteiger partial charge is 0.303 e. The number of rotatable bonds is 9. The third-order valence-corrected chi connectivity index (χ3v) is 7.47. The Labute approximate surface area is 226 Å². The van der Waals surface area contributed by atoms with E-state index >= 15 is 0 Å². The zero-order chi connectivity index (χ0) is 28.7. The highest BCUT2D eigenvalue weighted by Gasteiger charge is 2.47. The summed E-state index contributed by atoms with van der Waals surface area (Å²) in [4.78, 5) is 24.2. The van der Waals surface area contributed by atoms with Gasteiger partial charge in [0.2, 0.25) is 5.91 Å². The van der Waals surface area contributed by atoms with E-state index in [1.165, 1.54) is 6.92 Å². The van der Waals surface area contributed by atoms with Crippen molar-refractivity contribution in [3.05, 3.63) is 36.0 Å². The quantitative estimate of drug-likeness (QED) is 0.130. The lowest BCUT2D eigenvalue weighted by Crippen LogP contribution is -2.43. The predicted molar refractivity (Wildman–Crippen MR) is 144 cm³/mol. The first-order chi connectivity index (χ1) is 17.6. The zero-order valence-electron chi connectivity index (χ0n) is 23.6. The maximum atomic E-state index is 12.6. The standard InChI is InChI=1S/C29H47NO8/c1-7-23(33)19(3)27-24(38-27)17-28(5,35)14-9-10-18(2)22-11-8-12-25(37-20(4)31)29(6,36)15-13-21(32)16-26(34)30-22/h8-10,12,14,19,21-25,27,32-33,35-36H,7,11,13,15-17H2,1-6H3,(H,30,34)/b12-8-,14-9+,18-10+/t19-,21-,22+,23+,24-,25+,27-,28+,29-/m1/s1. The molecule has 9 heteroatoms. The van der Waals surface area contributed by atoms with Gasteiger partial charge in [-0.15, -0.1) is 0 Å². The predicted octanol–water partition coefficient (Wildman–Crippen LogP) is 2.46.